The molecule has 2 aliphatic rings. The second kappa shape index (κ2) is 6.89. The molecule has 19 heavy (non-hydrogen) atoms. The Kier molecular flexibility index (Phi) is 5.19. The summed E-state index contributed by atoms with van der Waals surface area (Å²) in [6.07, 6.45) is 7.53. The van der Waals surface area contributed by atoms with E-state index >= 15 is 0 Å². The summed E-state index contributed by atoms with van der Waals surface area (Å²) in [5.41, 5.74) is 0. The summed E-state index contributed by atoms with van der Waals surface area (Å²) < 4.78 is 0. The highest BCUT2D eigenvalue weighted by Crippen LogP contribution is 2.24. The molecule has 0 radical (unpaired) electrons. The molecule has 2 fully saturated rings. The summed E-state index contributed by atoms with van der Waals surface area (Å²) in [6.45, 7) is 0.880. The van der Waals surface area contributed by atoms with Gasteiger partial charge in [0.05, 0.1) is 12.0 Å². The lowest BCUT2D eigenvalue weighted by Crippen LogP contribution is -2.52. The number of nitrogens with one attached hydrogen (secondary N) is 2. The van der Waals surface area contributed by atoms with Gasteiger partial charge in [-0.3, -0.25) is 9.59 Å². The molecule has 1 aliphatic heterocycles. The highest BCUT2D eigenvalue weighted by molar-refractivity contribution is 5.83. The van der Waals surface area contributed by atoms with Crippen LogP contribution < -0.4 is 10.6 Å². The Hall–Kier alpha value is -1.10. The van der Waals surface area contributed by atoms with E-state index in [4.69, 9.17) is 0 Å². The van der Waals surface area contributed by atoms with Crippen molar-refractivity contribution in [1.29, 1.82) is 0 Å². The van der Waals surface area contributed by atoms with Crippen LogP contribution in [0, 0.1) is 5.92 Å². The Labute approximate surface area is 114 Å². The number of carbonyl (C=O) groups is 2. The van der Waals surface area contributed by atoms with Crippen molar-refractivity contribution in [3.63, 3.8) is 0 Å². The lowest BCUT2D eigenvalue weighted by molar-refractivity contribution is -0.143. The van der Waals surface area contributed by atoms with Gasteiger partial charge in [-0.1, -0.05) is 25.7 Å². The van der Waals surface area contributed by atoms with Gasteiger partial charge in [0, 0.05) is 6.04 Å². The lowest BCUT2D eigenvalue weighted by Gasteiger charge is -2.28. The fourth-order valence-electron chi connectivity index (χ4n) is 3.13. The van der Waals surface area contributed by atoms with Crippen molar-refractivity contribution >= 4 is 11.9 Å². The van der Waals surface area contributed by atoms with Gasteiger partial charge < -0.3 is 15.7 Å². The Bertz CT molecular complexity index is 327. The number of amides is 1. The number of piperidine rings is 1. The highest BCUT2D eigenvalue weighted by atomic mass is 16.4. The molecule has 0 aromatic heterocycles. The van der Waals surface area contributed by atoms with Crippen LogP contribution in [0.1, 0.15) is 51.4 Å². The first kappa shape index (κ1) is 14.3. The first-order valence-electron chi connectivity index (χ1n) is 7.45. The Morgan fingerprint density at radius 3 is 2.42 bits per heavy atom. The maximum atomic E-state index is 12.2. The molecule has 5 heteroatoms. The standard InChI is InChI=1S/C14H24N2O3/c17-13(12-8-4-5-9-15-12)16-11-7-3-1-2-6-10(11)14(18)19/h10-12,15H,1-9H2,(H,16,17)(H,18,19)/t10?,11?,12-/m0/s1. The molecule has 0 spiro atoms. The quantitative estimate of drug-likeness (QED) is 0.674. The molecule has 1 saturated heterocycles. The Morgan fingerprint density at radius 1 is 1.00 bits per heavy atom. The van der Waals surface area contributed by atoms with E-state index in [0.717, 1.165) is 51.5 Å². The van der Waals surface area contributed by atoms with Gasteiger partial charge in [-0.15, -0.1) is 0 Å². The van der Waals surface area contributed by atoms with Gasteiger partial charge in [-0.05, 0) is 32.2 Å². The van der Waals surface area contributed by atoms with E-state index in [0.29, 0.717) is 6.42 Å². The van der Waals surface area contributed by atoms with Crippen LogP contribution in [0.3, 0.4) is 0 Å². The van der Waals surface area contributed by atoms with Crippen LogP contribution in [0.2, 0.25) is 0 Å². The topological polar surface area (TPSA) is 78.4 Å². The second-order valence-corrected chi connectivity index (χ2v) is 5.70. The number of rotatable bonds is 3. The maximum absolute atomic E-state index is 12.2. The van der Waals surface area contributed by atoms with E-state index in [2.05, 4.69) is 10.6 Å². The minimum atomic E-state index is -0.774. The van der Waals surface area contributed by atoms with E-state index in [9.17, 15) is 14.7 Å². The average molecular weight is 268 g/mol. The molecule has 0 aromatic rings. The second-order valence-electron chi connectivity index (χ2n) is 5.70. The molecule has 3 N–H and O–H groups in total. The van der Waals surface area contributed by atoms with Crippen molar-refractivity contribution in [3.05, 3.63) is 0 Å². The average Bonchev–Trinajstić information content (AvgIpc) is 2.65. The molecule has 1 aliphatic carbocycles. The zero-order valence-electron chi connectivity index (χ0n) is 11.4. The van der Waals surface area contributed by atoms with Gasteiger partial charge in [-0.2, -0.15) is 0 Å². The third-order valence-corrected chi connectivity index (χ3v) is 4.29. The molecule has 2 rings (SSSR count). The van der Waals surface area contributed by atoms with Gasteiger partial charge in [0.2, 0.25) is 5.91 Å². The zero-order valence-corrected chi connectivity index (χ0v) is 11.4. The number of carboxylic acid groups (broad SMARTS) is 1. The van der Waals surface area contributed by atoms with Crippen molar-refractivity contribution in [3.8, 4) is 0 Å². The number of carboxylic acids is 1. The van der Waals surface area contributed by atoms with Crippen molar-refractivity contribution < 1.29 is 14.7 Å². The molecule has 1 heterocycles. The van der Waals surface area contributed by atoms with Crippen molar-refractivity contribution in [1.82, 2.24) is 10.6 Å². The van der Waals surface area contributed by atoms with Crippen molar-refractivity contribution in [2.45, 2.75) is 63.5 Å². The smallest absolute Gasteiger partial charge is 0.308 e. The number of hydrogen-bond acceptors (Lipinski definition) is 3. The van der Waals surface area contributed by atoms with E-state index < -0.39 is 11.9 Å². The maximum Gasteiger partial charge on any atom is 0.308 e. The monoisotopic (exact) mass is 268 g/mol. The molecule has 5 nitrogen and oxygen atoms in total. The van der Waals surface area contributed by atoms with Gasteiger partial charge in [0.15, 0.2) is 0 Å². The normalized spacial score (nSPS) is 32.3. The zero-order chi connectivity index (χ0) is 13.7. The molecular formula is C14H24N2O3. The summed E-state index contributed by atoms with van der Waals surface area (Å²) in [7, 11) is 0. The predicted molar refractivity (Wildman–Crippen MR) is 71.8 cm³/mol. The minimum Gasteiger partial charge on any atom is -0.481 e. The van der Waals surface area contributed by atoms with E-state index in [-0.39, 0.29) is 18.0 Å². The van der Waals surface area contributed by atoms with Crippen LogP contribution in [-0.2, 0) is 9.59 Å². The van der Waals surface area contributed by atoms with E-state index in [1.54, 1.807) is 0 Å². The summed E-state index contributed by atoms with van der Waals surface area (Å²) >= 11 is 0. The van der Waals surface area contributed by atoms with Crippen LogP contribution in [0.5, 0.6) is 0 Å². The third-order valence-electron chi connectivity index (χ3n) is 4.29. The van der Waals surface area contributed by atoms with Crippen LogP contribution in [0.15, 0.2) is 0 Å². The summed E-state index contributed by atoms with van der Waals surface area (Å²) in [5.74, 6) is -1.21. The number of hydrogen-bond donors (Lipinski definition) is 3. The number of carbonyl (C=O) groups excluding carboxylic acids is 1. The minimum absolute atomic E-state index is 0.0159. The molecule has 0 bridgehead atoms. The Morgan fingerprint density at radius 2 is 1.74 bits per heavy atom. The Balaban J connectivity index is 1.93. The van der Waals surface area contributed by atoms with Crippen LogP contribution in [0.25, 0.3) is 0 Å². The molecule has 2 unspecified atom stereocenters. The van der Waals surface area contributed by atoms with Gasteiger partial charge >= 0.3 is 5.97 Å². The van der Waals surface area contributed by atoms with Crippen LogP contribution in [0.4, 0.5) is 0 Å². The fraction of sp³-hybridized carbons (Fsp3) is 0.857. The molecule has 108 valence electrons. The van der Waals surface area contributed by atoms with Crippen molar-refractivity contribution in [2.75, 3.05) is 6.54 Å². The molecule has 3 atom stereocenters. The predicted octanol–water partition coefficient (Wildman–Crippen LogP) is 1.28. The van der Waals surface area contributed by atoms with E-state index in [1.807, 2.05) is 0 Å². The van der Waals surface area contributed by atoms with Crippen LogP contribution in [-0.4, -0.2) is 35.6 Å². The summed E-state index contributed by atoms with van der Waals surface area (Å²) in [5, 5.41) is 15.5. The highest BCUT2D eigenvalue weighted by Gasteiger charge is 2.32. The van der Waals surface area contributed by atoms with Gasteiger partial charge in [0.25, 0.3) is 0 Å². The van der Waals surface area contributed by atoms with Gasteiger partial charge in [0.1, 0.15) is 0 Å². The first-order valence-corrected chi connectivity index (χ1v) is 7.45. The molecule has 1 amide bonds. The molecule has 1 saturated carbocycles. The third kappa shape index (κ3) is 3.93. The number of aliphatic carboxylic acids is 1. The largest absolute Gasteiger partial charge is 0.481 e. The van der Waals surface area contributed by atoms with Gasteiger partial charge in [-0.25, -0.2) is 0 Å². The molecule has 0 aromatic carbocycles. The SMILES string of the molecule is O=C(O)C1CCCCCC1NC(=O)[C@@H]1CCCCN1. The first-order chi connectivity index (χ1) is 9.18. The van der Waals surface area contributed by atoms with E-state index in [1.165, 1.54) is 0 Å². The summed E-state index contributed by atoms with van der Waals surface area (Å²) in [6, 6.07) is -0.331. The van der Waals surface area contributed by atoms with Crippen LogP contribution >= 0.6 is 0 Å². The molecular weight excluding hydrogens is 244 g/mol. The van der Waals surface area contributed by atoms with Crippen molar-refractivity contribution in [2.24, 2.45) is 5.92 Å². The fourth-order valence-corrected chi connectivity index (χ4v) is 3.13. The summed E-state index contributed by atoms with van der Waals surface area (Å²) in [4.78, 5) is 23.5. The lowest BCUT2D eigenvalue weighted by atomic mass is 9.94.